The molecule has 2 rings (SSSR count). The molecule has 6 nitrogen and oxygen atoms in total. The van der Waals surface area contributed by atoms with Crippen molar-refractivity contribution in [3.05, 3.63) is 23.5 Å². The van der Waals surface area contributed by atoms with Gasteiger partial charge in [-0.05, 0) is 26.8 Å². The van der Waals surface area contributed by atoms with E-state index in [4.69, 9.17) is 5.73 Å². The van der Waals surface area contributed by atoms with Gasteiger partial charge in [-0.1, -0.05) is 0 Å². The Balaban J connectivity index is 0.00000200. The third kappa shape index (κ3) is 4.56. The summed E-state index contributed by atoms with van der Waals surface area (Å²) in [5, 5.41) is 7.97. The van der Waals surface area contributed by atoms with E-state index in [0.717, 1.165) is 16.7 Å². The molecule has 0 unspecified atom stereocenters. The number of hydrogen-bond donors (Lipinski definition) is 2. The number of carbonyl (C=O) groups is 1. The van der Waals surface area contributed by atoms with E-state index in [2.05, 4.69) is 15.4 Å². The van der Waals surface area contributed by atoms with Crippen LogP contribution < -0.4 is 11.1 Å². The van der Waals surface area contributed by atoms with Crippen LogP contribution in [0.15, 0.2) is 12.3 Å². The standard InChI is InChI=1S/C13H19N5O.2ClH/c1-8-10-5-9(6-15-11(10)18(4)17-8)12(19)16-7-13(2,3)14;;/h5-6H,7,14H2,1-4H3,(H,16,19);2*1H. The fourth-order valence-electron chi connectivity index (χ4n) is 1.84. The number of carbonyl (C=O) groups excluding carboxylic acids is 1. The normalized spacial score (nSPS) is 10.7. The van der Waals surface area contributed by atoms with E-state index in [9.17, 15) is 4.79 Å². The number of aryl methyl sites for hydroxylation is 2. The van der Waals surface area contributed by atoms with Crippen molar-refractivity contribution >= 4 is 41.8 Å². The van der Waals surface area contributed by atoms with Gasteiger partial charge in [-0.15, -0.1) is 24.8 Å². The van der Waals surface area contributed by atoms with Crippen LogP contribution in [0.25, 0.3) is 11.0 Å². The number of nitrogens with two attached hydrogens (primary N) is 1. The Bertz CT molecular complexity index is 633. The monoisotopic (exact) mass is 333 g/mol. The molecule has 8 heteroatoms. The molecule has 21 heavy (non-hydrogen) atoms. The van der Waals surface area contributed by atoms with E-state index >= 15 is 0 Å². The van der Waals surface area contributed by atoms with Gasteiger partial charge >= 0.3 is 0 Å². The van der Waals surface area contributed by atoms with Gasteiger partial charge in [0.05, 0.1) is 11.3 Å². The van der Waals surface area contributed by atoms with Gasteiger partial charge in [-0.25, -0.2) is 4.98 Å². The molecule has 0 atom stereocenters. The lowest BCUT2D eigenvalue weighted by Gasteiger charge is -2.18. The first-order chi connectivity index (χ1) is 8.78. The van der Waals surface area contributed by atoms with Crippen molar-refractivity contribution in [1.82, 2.24) is 20.1 Å². The van der Waals surface area contributed by atoms with Gasteiger partial charge in [0.15, 0.2) is 5.65 Å². The van der Waals surface area contributed by atoms with Gasteiger partial charge in [0.2, 0.25) is 0 Å². The largest absolute Gasteiger partial charge is 0.350 e. The highest BCUT2D eigenvalue weighted by molar-refractivity contribution is 5.97. The molecule has 0 aliphatic rings. The van der Waals surface area contributed by atoms with E-state index in [0.29, 0.717) is 12.1 Å². The summed E-state index contributed by atoms with van der Waals surface area (Å²) in [7, 11) is 1.83. The Morgan fingerprint density at radius 2 is 2.05 bits per heavy atom. The first kappa shape index (κ1) is 19.6. The first-order valence-corrected chi connectivity index (χ1v) is 6.14. The van der Waals surface area contributed by atoms with E-state index in [-0.39, 0.29) is 30.7 Å². The predicted octanol–water partition coefficient (Wildman–Crippen LogP) is 1.59. The van der Waals surface area contributed by atoms with Gasteiger partial charge in [0.25, 0.3) is 5.91 Å². The number of pyridine rings is 1. The molecule has 0 saturated heterocycles. The second-order valence-electron chi connectivity index (χ2n) is 5.48. The predicted molar refractivity (Wildman–Crippen MR) is 88.3 cm³/mol. The summed E-state index contributed by atoms with van der Waals surface area (Å²) in [6.07, 6.45) is 1.56. The average Bonchev–Trinajstić information content (AvgIpc) is 2.61. The van der Waals surface area contributed by atoms with Crippen LogP contribution in [-0.2, 0) is 7.05 Å². The zero-order valence-corrected chi connectivity index (χ0v) is 14.1. The summed E-state index contributed by atoms with van der Waals surface area (Å²) >= 11 is 0. The van der Waals surface area contributed by atoms with Gasteiger partial charge in [-0.3, -0.25) is 9.48 Å². The number of rotatable bonds is 3. The summed E-state index contributed by atoms with van der Waals surface area (Å²) in [6, 6.07) is 1.81. The van der Waals surface area contributed by atoms with Crippen molar-refractivity contribution in [2.24, 2.45) is 12.8 Å². The van der Waals surface area contributed by atoms with Crippen LogP contribution in [0.4, 0.5) is 0 Å². The van der Waals surface area contributed by atoms with Gasteiger partial charge < -0.3 is 11.1 Å². The maximum atomic E-state index is 12.0. The number of nitrogens with zero attached hydrogens (tertiary/aromatic N) is 3. The fourth-order valence-corrected chi connectivity index (χ4v) is 1.84. The van der Waals surface area contributed by atoms with Crippen LogP contribution in [0.3, 0.4) is 0 Å². The Labute approximate surface area is 136 Å². The topological polar surface area (TPSA) is 85.8 Å². The van der Waals surface area contributed by atoms with Crippen LogP contribution in [0.2, 0.25) is 0 Å². The Hall–Kier alpha value is -1.37. The lowest BCUT2D eigenvalue weighted by molar-refractivity contribution is 0.0946. The van der Waals surface area contributed by atoms with E-state index in [1.165, 1.54) is 0 Å². The molecule has 0 saturated carbocycles. The van der Waals surface area contributed by atoms with Crippen molar-refractivity contribution in [2.75, 3.05) is 6.54 Å². The Kier molecular flexibility index (Phi) is 6.60. The summed E-state index contributed by atoms with van der Waals surface area (Å²) in [6.45, 7) is 6.03. The van der Waals surface area contributed by atoms with Crippen molar-refractivity contribution in [3.63, 3.8) is 0 Å². The fraction of sp³-hybridized carbons (Fsp3) is 0.462. The van der Waals surface area contributed by atoms with Gasteiger partial charge in [-0.2, -0.15) is 5.10 Å². The second-order valence-corrected chi connectivity index (χ2v) is 5.48. The molecule has 0 fully saturated rings. The number of fused-ring (bicyclic) bond motifs is 1. The summed E-state index contributed by atoms with van der Waals surface area (Å²) in [5.41, 5.74) is 7.56. The highest BCUT2D eigenvalue weighted by Gasteiger charge is 2.15. The SMILES string of the molecule is Cc1nn(C)c2ncc(C(=O)NCC(C)(C)N)cc12.Cl.Cl. The molecular weight excluding hydrogens is 313 g/mol. The van der Waals surface area contributed by atoms with Crippen molar-refractivity contribution in [2.45, 2.75) is 26.3 Å². The molecule has 0 aliphatic heterocycles. The van der Waals surface area contributed by atoms with E-state index < -0.39 is 5.54 Å². The van der Waals surface area contributed by atoms with Crippen LogP contribution in [-0.4, -0.2) is 32.8 Å². The summed E-state index contributed by atoms with van der Waals surface area (Å²) in [5.74, 6) is -0.170. The average molecular weight is 334 g/mol. The zero-order chi connectivity index (χ0) is 14.2. The van der Waals surface area contributed by atoms with Gasteiger partial charge in [0.1, 0.15) is 0 Å². The Morgan fingerprint density at radius 1 is 1.43 bits per heavy atom. The number of nitrogens with one attached hydrogen (secondary N) is 1. The molecule has 0 spiro atoms. The molecule has 2 aromatic heterocycles. The molecular formula is C13H21Cl2N5O. The summed E-state index contributed by atoms with van der Waals surface area (Å²) in [4.78, 5) is 16.3. The third-order valence-corrected chi connectivity index (χ3v) is 2.83. The molecule has 3 N–H and O–H groups in total. The Morgan fingerprint density at radius 3 is 2.62 bits per heavy atom. The van der Waals surface area contributed by atoms with Crippen molar-refractivity contribution in [1.29, 1.82) is 0 Å². The third-order valence-electron chi connectivity index (χ3n) is 2.83. The number of halogens is 2. The molecule has 2 heterocycles. The van der Waals surface area contributed by atoms with Crippen LogP contribution in [0.5, 0.6) is 0 Å². The molecule has 118 valence electrons. The first-order valence-electron chi connectivity index (χ1n) is 6.14. The van der Waals surface area contributed by atoms with E-state index in [1.54, 1.807) is 10.9 Å². The minimum absolute atomic E-state index is 0. The van der Waals surface area contributed by atoms with E-state index in [1.807, 2.05) is 33.9 Å². The molecule has 0 radical (unpaired) electrons. The molecule has 2 aromatic rings. The van der Waals surface area contributed by atoms with Crippen molar-refractivity contribution < 1.29 is 4.79 Å². The second kappa shape index (κ2) is 7.06. The number of amides is 1. The van der Waals surface area contributed by atoms with Crippen LogP contribution in [0, 0.1) is 6.92 Å². The lowest BCUT2D eigenvalue weighted by Crippen LogP contribution is -2.45. The van der Waals surface area contributed by atoms with Gasteiger partial charge in [0, 0.05) is 30.7 Å². The maximum Gasteiger partial charge on any atom is 0.252 e. The number of hydrogen-bond acceptors (Lipinski definition) is 4. The summed E-state index contributed by atoms with van der Waals surface area (Å²) < 4.78 is 1.70. The number of aromatic nitrogens is 3. The maximum absolute atomic E-state index is 12.0. The van der Waals surface area contributed by atoms with Crippen LogP contribution >= 0.6 is 24.8 Å². The highest BCUT2D eigenvalue weighted by atomic mass is 35.5. The zero-order valence-electron chi connectivity index (χ0n) is 12.5. The smallest absolute Gasteiger partial charge is 0.252 e. The molecule has 0 bridgehead atoms. The minimum atomic E-state index is -0.433. The van der Waals surface area contributed by atoms with Crippen LogP contribution in [0.1, 0.15) is 29.9 Å². The minimum Gasteiger partial charge on any atom is -0.350 e. The van der Waals surface area contributed by atoms with Crippen molar-refractivity contribution in [3.8, 4) is 0 Å². The highest BCUT2D eigenvalue weighted by Crippen LogP contribution is 2.16. The molecule has 0 aromatic carbocycles. The molecule has 1 amide bonds. The quantitative estimate of drug-likeness (QED) is 0.892. The molecule has 0 aliphatic carbocycles. The lowest BCUT2D eigenvalue weighted by atomic mass is 10.1.